The molecule has 0 unspecified atom stereocenters. The van der Waals surface area contributed by atoms with Crippen LogP contribution in [0.15, 0.2) is 24.3 Å². The van der Waals surface area contributed by atoms with E-state index in [-0.39, 0.29) is 6.42 Å². The third kappa shape index (κ3) is 7.74. The number of thioether (sulfide) groups is 1. The molecule has 0 heterocycles. The molecular formula is C14H20O4S. The van der Waals surface area contributed by atoms with Crippen LogP contribution >= 0.6 is 11.8 Å². The van der Waals surface area contributed by atoms with Gasteiger partial charge in [0.25, 0.3) is 0 Å². The maximum Gasteiger partial charge on any atom is 0.307 e. The molecule has 0 saturated carbocycles. The summed E-state index contributed by atoms with van der Waals surface area (Å²) in [6.45, 7) is 1.47. The van der Waals surface area contributed by atoms with Crippen LogP contribution in [0, 0.1) is 0 Å². The molecule has 0 fully saturated rings. The Bertz CT molecular complexity index is 364. The van der Waals surface area contributed by atoms with Crippen molar-refractivity contribution in [2.24, 2.45) is 0 Å². The SMILES string of the molecule is COCCCSCCOc1ccc(CC(=O)O)cc1. The minimum absolute atomic E-state index is 0.0512. The number of hydrogen-bond donors (Lipinski definition) is 1. The zero-order valence-electron chi connectivity index (χ0n) is 11.1. The molecule has 0 atom stereocenters. The summed E-state index contributed by atoms with van der Waals surface area (Å²) >= 11 is 1.84. The highest BCUT2D eigenvalue weighted by atomic mass is 32.2. The summed E-state index contributed by atoms with van der Waals surface area (Å²) in [5.41, 5.74) is 0.786. The van der Waals surface area contributed by atoms with Crippen LogP contribution in [0.2, 0.25) is 0 Å². The van der Waals surface area contributed by atoms with E-state index in [1.54, 1.807) is 19.2 Å². The lowest BCUT2D eigenvalue weighted by Gasteiger charge is -2.06. The van der Waals surface area contributed by atoms with Gasteiger partial charge in [0.2, 0.25) is 0 Å². The van der Waals surface area contributed by atoms with E-state index in [4.69, 9.17) is 14.6 Å². The minimum Gasteiger partial charge on any atom is -0.493 e. The van der Waals surface area contributed by atoms with Crippen molar-refractivity contribution in [3.8, 4) is 5.75 Å². The van der Waals surface area contributed by atoms with Crippen molar-refractivity contribution < 1.29 is 19.4 Å². The van der Waals surface area contributed by atoms with E-state index >= 15 is 0 Å². The Morgan fingerprint density at radius 1 is 1.21 bits per heavy atom. The van der Waals surface area contributed by atoms with Gasteiger partial charge >= 0.3 is 5.97 Å². The van der Waals surface area contributed by atoms with Crippen LogP contribution in [0.4, 0.5) is 0 Å². The van der Waals surface area contributed by atoms with Gasteiger partial charge in [-0.25, -0.2) is 0 Å². The first-order valence-electron chi connectivity index (χ1n) is 6.22. The highest BCUT2D eigenvalue weighted by molar-refractivity contribution is 7.99. The van der Waals surface area contributed by atoms with Crippen LogP contribution in [0.25, 0.3) is 0 Å². The number of carbonyl (C=O) groups is 1. The Hall–Kier alpha value is -1.20. The van der Waals surface area contributed by atoms with Crippen molar-refractivity contribution >= 4 is 17.7 Å². The summed E-state index contributed by atoms with van der Waals surface area (Å²) in [7, 11) is 1.71. The summed E-state index contributed by atoms with van der Waals surface area (Å²) in [4.78, 5) is 10.5. The third-order valence-corrected chi connectivity index (χ3v) is 3.44. The molecule has 106 valence electrons. The molecule has 0 radical (unpaired) electrons. The lowest BCUT2D eigenvalue weighted by atomic mass is 10.1. The molecule has 0 aromatic heterocycles. The zero-order valence-corrected chi connectivity index (χ0v) is 11.9. The first kappa shape index (κ1) is 15.9. The molecule has 1 aromatic carbocycles. The Kier molecular flexibility index (Phi) is 8.09. The predicted octanol–water partition coefficient (Wildman–Crippen LogP) is 2.46. The van der Waals surface area contributed by atoms with Crippen molar-refractivity contribution in [3.05, 3.63) is 29.8 Å². The summed E-state index contributed by atoms with van der Waals surface area (Å²) in [6.07, 6.45) is 1.11. The second kappa shape index (κ2) is 9.69. The quantitative estimate of drug-likeness (QED) is 0.669. The van der Waals surface area contributed by atoms with Gasteiger partial charge in [-0.1, -0.05) is 12.1 Å². The molecule has 0 aliphatic heterocycles. The molecule has 1 rings (SSSR count). The molecule has 5 heteroatoms. The first-order valence-corrected chi connectivity index (χ1v) is 7.38. The molecular weight excluding hydrogens is 264 g/mol. The van der Waals surface area contributed by atoms with Gasteiger partial charge in [-0.05, 0) is 29.9 Å². The van der Waals surface area contributed by atoms with Crippen molar-refractivity contribution in [2.75, 3.05) is 31.8 Å². The van der Waals surface area contributed by atoms with Gasteiger partial charge in [-0.15, -0.1) is 0 Å². The smallest absolute Gasteiger partial charge is 0.307 e. The molecule has 4 nitrogen and oxygen atoms in total. The van der Waals surface area contributed by atoms with E-state index in [9.17, 15) is 4.79 Å². The molecule has 0 aliphatic carbocycles. The number of methoxy groups -OCH3 is 1. The van der Waals surface area contributed by atoms with Crippen molar-refractivity contribution in [3.63, 3.8) is 0 Å². The molecule has 0 aliphatic rings. The van der Waals surface area contributed by atoms with Crippen molar-refractivity contribution in [2.45, 2.75) is 12.8 Å². The van der Waals surface area contributed by atoms with Gasteiger partial charge in [0, 0.05) is 19.5 Å². The fourth-order valence-corrected chi connectivity index (χ4v) is 2.23. The fraction of sp³-hybridized carbons (Fsp3) is 0.500. The van der Waals surface area contributed by atoms with E-state index in [0.717, 1.165) is 35.8 Å². The molecule has 0 spiro atoms. The number of hydrogen-bond acceptors (Lipinski definition) is 4. The molecule has 1 aromatic rings. The monoisotopic (exact) mass is 284 g/mol. The average molecular weight is 284 g/mol. The Morgan fingerprint density at radius 3 is 2.58 bits per heavy atom. The molecule has 0 saturated heterocycles. The van der Waals surface area contributed by atoms with Crippen LogP contribution in [0.1, 0.15) is 12.0 Å². The Balaban J connectivity index is 2.14. The summed E-state index contributed by atoms with van der Waals surface area (Å²) in [6, 6.07) is 7.20. The first-order chi connectivity index (χ1) is 9.22. The second-order valence-corrected chi connectivity index (χ2v) is 5.25. The maximum absolute atomic E-state index is 10.5. The van der Waals surface area contributed by atoms with Gasteiger partial charge in [0.05, 0.1) is 13.0 Å². The van der Waals surface area contributed by atoms with E-state index in [1.165, 1.54) is 0 Å². The number of aliphatic carboxylic acids is 1. The minimum atomic E-state index is -0.818. The van der Waals surface area contributed by atoms with Crippen LogP contribution < -0.4 is 4.74 Å². The average Bonchev–Trinajstić information content (AvgIpc) is 2.39. The number of ether oxygens (including phenoxy) is 2. The van der Waals surface area contributed by atoms with Gasteiger partial charge in [0.15, 0.2) is 0 Å². The topological polar surface area (TPSA) is 55.8 Å². The zero-order chi connectivity index (χ0) is 13.9. The van der Waals surface area contributed by atoms with E-state index in [0.29, 0.717) is 6.61 Å². The van der Waals surface area contributed by atoms with Crippen LogP contribution in [0.3, 0.4) is 0 Å². The summed E-state index contributed by atoms with van der Waals surface area (Å²) in [5.74, 6) is 1.99. The molecule has 19 heavy (non-hydrogen) atoms. The lowest BCUT2D eigenvalue weighted by Crippen LogP contribution is -2.02. The highest BCUT2D eigenvalue weighted by Gasteiger charge is 2.00. The van der Waals surface area contributed by atoms with Gasteiger partial charge in [0.1, 0.15) is 5.75 Å². The maximum atomic E-state index is 10.5. The third-order valence-electron chi connectivity index (χ3n) is 2.41. The standard InChI is InChI=1S/C14H20O4S/c1-17-7-2-9-19-10-8-18-13-5-3-12(4-6-13)11-14(15)16/h3-6H,2,7-11H2,1H3,(H,15,16). The predicted molar refractivity (Wildman–Crippen MR) is 77.1 cm³/mol. The fourth-order valence-electron chi connectivity index (χ4n) is 1.50. The highest BCUT2D eigenvalue weighted by Crippen LogP contribution is 2.13. The van der Waals surface area contributed by atoms with E-state index in [2.05, 4.69) is 0 Å². The lowest BCUT2D eigenvalue weighted by molar-refractivity contribution is -0.136. The second-order valence-electron chi connectivity index (χ2n) is 4.02. The molecule has 0 amide bonds. The van der Waals surface area contributed by atoms with Gasteiger partial charge in [-0.3, -0.25) is 4.79 Å². The van der Waals surface area contributed by atoms with Gasteiger partial charge in [-0.2, -0.15) is 11.8 Å². The largest absolute Gasteiger partial charge is 0.493 e. The Labute approximate surface area is 118 Å². The normalized spacial score (nSPS) is 10.4. The molecule has 0 bridgehead atoms. The van der Waals surface area contributed by atoms with E-state index < -0.39 is 5.97 Å². The Morgan fingerprint density at radius 2 is 1.95 bits per heavy atom. The van der Waals surface area contributed by atoms with Crippen LogP contribution in [-0.4, -0.2) is 42.9 Å². The number of carboxylic acids is 1. The van der Waals surface area contributed by atoms with Crippen LogP contribution in [0.5, 0.6) is 5.75 Å². The number of rotatable bonds is 10. The summed E-state index contributed by atoms with van der Waals surface area (Å²) < 4.78 is 10.5. The van der Waals surface area contributed by atoms with Crippen LogP contribution in [-0.2, 0) is 16.0 Å². The summed E-state index contributed by atoms with van der Waals surface area (Å²) in [5, 5.41) is 8.66. The number of carboxylic acid groups (broad SMARTS) is 1. The van der Waals surface area contributed by atoms with Crippen molar-refractivity contribution in [1.82, 2.24) is 0 Å². The number of benzene rings is 1. The van der Waals surface area contributed by atoms with Gasteiger partial charge < -0.3 is 14.6 Å². The molecule has 1 N–H and O–H groups in total. The van der Waals surface area contributed by atoms with Crippen molar-refractivity contribution in [1.29, 1.82) is 0 Å². The van der Waals surface area contributed by atoms with E-state index in [1.807, 2.05) is 23.9 Å².